The van der Waals surface area contributed by atoms with Crippen molar-refractivity contribution < 1.29 is 9.53 Å². The first-order chi connectivity index (χ1) is 12.6. The molecule has 1 aromatic heterocycles. The predicted molar refractivity (Wildman–Crippen MR) is 104 cm³/mol. The number of benzene rings is 1. The highest BCUT2D eigenvalue weighted by Gasteiger charge is 2.26. The van der Waals surface area contributed by atoms with Gasteiger partial charge in [0, 0.05) is 31.9 Å². The SMILES string of the molecule is CCc1ccc(OC(C)C(=O)N2CCN(c3cccc(C)n3)CC2)cc1. The van der Waals surface area contributed by atoms with E-state index < -0.39 is 6.10 Å². The molecule has 5 nitrogen and oxygen atoms in total. The molecule has 3 rings (SSSR count). The minimum Gasteiger partial charge on any atom is -0.481 e. The second-order valence-electron chi connectivity index (χ2n) is 6.71. The third-order valence-electron chi connectivity index (χ3n) is 4.78. The Labute approximate surface area is 155 Å². The van der Waals surface area contributed by atoms with Gasteiger partial charge in [0.05, 0.1) is 0 Å². The molecule has 1 amide bonds. The smallest absolute Gasteiger partial charge is 0.263 e. The topological polar surface area (TPSA) is 45.7 Å². The molecule has 1 aromatic carbocycles. The number of carbonyl (C=O) groups is 1. The van der Waals surface area contributed by atoms with Gasteiger partial charge in [-0.3, -0.25) is 4.79 Å². The summed E-state index contributed by atoms with van der Waals surface area (Å²) in [5, 5.41) is 0. The third-order valence-corrected chi connectivity index (χ3v) is 4.78. The fourth-order valence-electron chi connectivity index (χ4n) is 3.18. The molecule has 1 unspecified atom stereocenters. The summed E-state index contributed by atoms with van der Waals surface area (Å²) < 4.78 is 5.84. The maximum atomic E-state index is 12.7. The number of carbonyl (C=O) groups excluding carboxylic acids is 1. The summed E-state index contributed by atoms with van der Waals surface area (Å²) in [6.45, 7) is 8.90. The van der Waals surface area contributed by atoms with Crippen LogP contribution in [0.25, 0.3) is 0 Å². The van der Waals surface area contributed by atoms with Gasteiger partial charge in [-0.2, -0.15) is 0 Å². The Kier molecular flexibility index (Phi) is 5.76. The van der Waals surface area contributed by atoms with Gasteiger partial charge in [0.2, 0.25) is 0 Å². The maximum Gasteiger partial charge on any atom is 0.263 e. The van der Waals surface area contributed by atoms with E-state index in [0.717, 1.165) is 36.8 Å². The van der Waals surface area contributed by atoms with Gasteiger partial charge in [-0.15, -0.1) is 0 Å². The predicted octanol–water partition coefficient (Wildman–Crippen LogP) is 3.07. The fraction of sp³-hybridized carbons (Fsp3) is 0.429. The second kappa shape index (κ2) is 8.21. The lowest BCUT2D eigenvalue weighted by Gasteiger charge is -2.36. The molecule has 1 saturated heterocycles. The van der Waals surface area contributed by atoms with Gasteiger partial charge in [-0.05, 0) is 50.1 Å². The fourth-order valence-corrected chi connectivity index (χ4v) is 3.18. The van der Waals surface area contributed by atoms with Crippen molar-refractivity contribution in [1.29, 1.82) is 0 Å². The molecule has 0 saturated carbocycles. The highest BCUT2D eigenvalue weighted by molar-refractivity contribution is 5.81. The van der Waals surface area contributed by atoms with Crippen LogP contribution in [0, 0.1) is 6.92 Å². The Bertz CT molecular complexity index is 737. The summed E-state index contributed by atoms with van der Waals surface area (Å²) in [5.41, 5.74) is 2.27. The number of aryl methyl sites for hydroxylation is 2. The molecule has 138 valence electrons. The van der Waals surface area contributed by atoms with Crippen molar-refractivity contribution in [2.45, 2.75) is 33.3 Å². The van der Waals surface area contributed by atoms with Gasteiger partial charge in [-0.1, -0.05) is 25.1 Å². The summed E-state index contributed by atoms with van der Waals surface area (Å²) in [6.07, 6.45) is 0.514. The standard InChI is InChI=1S/C21H27N3O2/c1-4-18-8-10-19(11-9-18)26-17(3)21(25)24-14-12-23(13-15-24)20-7-5-6-16(2)22-20/h5-11,17H,4,12-15H2,1-3H3. The van der Waals surface area contributed by atoms with Gasteiger partial charge in [0.25, 0.3) is 5.91 Å². The van der Waals surface area contributed by atoms with Gasteiger partial charge >= 0.3 is 0 Å². The van der Waals surface area contributed by atoms with E-state index in [9.17, 15) is 4.79 Å². The van der Waals surface area contributed by atoms with E-state index in [-0.39, 0.29) is 5.91 Å². The van der Waals surface area contributed by atoms with Crippen molar-refractivity contribution in [2.24, 2.45) is 0 Å². The van der Waals surface area contributed by atoms with Gasteiger partial charge < -0.3 is 14.5 Å². The van der Waals surface area contributed by atoms with E-state index in [1.807, 2.05) is 61.2 Å². The zero-order valence-corrected chi connectivity index (χ0v) is 15.8. The van der Waals surface area contributed by atoms with Crippen LogP contribution >= 0.6 is 0 Å². The third kappa shape index (κ3) is 4.34. The Morgan fingerprint density at radius 2 is 1.81 bits per heavy atom. The van der Waals surface area contributed by atoms with Crippen molar-refractivity contribution in [1.82, 2.24) is 9.88 Å². The van der Waals surface area contributed by atoms with Crippen LogP contribution in [0.3, 0.4) is 0 Å². The highest BCUT2D eigenvalue weighted by atomic mass is 16.5. The normalized spacial score (nSPS) is 15.7. The van der Waals surface area contributed by atoms with Crippen molar-refractivity contribution in [3.63, 3.8) is 0 Å². The van der Waals surface area contributed by atoms with Crippen LogP contribution in [0.5, 0.6) is 5.75 Å². The van der Waals surface area contributed by atoms with Crippen LogP contribution < -0.4 is 9.64 Å². The molecule has 0 aliphatic carbocycles. The Hall–Kier alpha value is -2.56. The van der Waals surface area contributed by atoms with Gasteiger partial charge in [0.15, 0.2) is 6.10 Å². The number of rotatable bonds is 5. The molecule has 1 atom stereocenters. The van der Waals surface area contributed by atoms with Crippen LogP contribution in [-0.4, -0.2) is 48.1 Å². The first-order valence-electron chi connectivity index (χ1n) is 9.30. The van der Waals surface area contributed by atoms with E-state index in [1.165, 1.54) is 5.56 Å². The molecule has 5 heteroatoms. The van der Waals surface area contributed by atoms with Crippen LogP contribution in [-0.2, 0) is 11.2 Å². The van der Waals surface area contributed by atoms with Gasteiger partial charge in [0.1, 0.15) is 11.6 Å². The summed E-state index contributed by atoms with van der Waals surface area (Å²) in [7, 11) is 0. The number of piperazine rings is 1. The lowest BCUT2D eigenvalue weighted by molar-refractivity contribution is -0.138. The minimum atomic E-state index is -0.480. The molecule has 1 aliphatic heterocycles. The number of nitrogens with zero attached hydrogens (tertiary/aromatic N) is 3. The summed E-state index contributed by atoms with van der Waals surface area (Å²) in [5.74, 6) is 1.77. The Morgan fingerprint density at radius 1 is 1.12 bits per heavy atom. The zero-order chi connectivity index (χ0) is 18.5. The van der Waals surface area contributed by atoms with Crippen LogP contribution in [0.4, 0.5) is 5.82 Å². The number of pyridine rings is 1. The number of hydrogen-bond acceptors (Lipinski definition) is 4. The average molecular weight is 353 g/mol. The summed E-state index contributed by atoms with van der Waals surface area (Å²) in [6, 6.07) is 14.0. The number of ether oxygens (including phenoxy) is 1. The number of anilines is 1. The first-order valence-corrected chi connectivity index (χ1v) is 9.30. The van der Waals surface area contributed by atoms with E-state index in [4.69, 9.17) is 4.74 Å². The lowest BCUT2D eigenvalue weighted by Crippen LogP contribution is -2.52. The molecule has 2 aromatic rings. The molecule has 1 fully saturated rings. The zero-order valence-electron chi connectivity index (χ0n) is 15.8. The lowest BCUT2D eigenvalue weighted by atomic mass is 10.2. The van der Waals surface area contributed by atoms with Crippen molar-refractivity contribution in [3.05, 3.63) is 53.7 Å². The van der Waals surface area contributed by atoms with E-state index in [0.29, 0.717) is 13.1 Å². The molecule has 1 aliphatic rings. The van der Waals surface area contributed by atoms with Crippen molar-refractivity contribution in [3.8, 4) is 5.75 Å². The maximum absolute atomic E-state index is 12.7. The van der Waals surface area contributed by atoms with Crippen LogP contribution in [0.1, 0.15) is 25.1 Å². The molecule has 0 N–H and O–H groups in total. The van der Waals surface area contributed by atoms with E-state index in [2.05, 4.69) is 16.8 Å². The second-order valence-corrected chi connectivity index (χ2v) is 6.71. The molecular formula is C21H27N3O2. The monoisotopic (exact) mass is 353 g/mol. The molecule has 2 heterocycles. The Balaban J connectivity index is 1.53. The summed E-state index contributed by atoms with van der Waals surface area (Å²) >= 11 is 0. The quantitative estimate of drug-likeness (QED) is 0.829. The minimum absolute atomic E-state index is 0.0430. The van der Waals surface area contributed by atoms with Crippen molar-refractivity contribution in [2.75, 3.05) is 31.1 Å². The van der Waals surface area contributed by atoms with E-state index in [1.54, 1.807) is 0 Å². The largest absolute Gasteiger partial charge is 0.481 e. The van der Waals surface area contributed by atoms with Crippen LogP contribution in [0.15, 0.2) is 42.5 Å². The van der Waals surface area contributed by atoms with Gasteiger partial charge in [-0.25, -0.2) is 4.98 Å². The number of hydrogen-bond donors (Lipinski definition) is 0. The molecular weight excluding hydrogens is 326 g/mol. The molecule has 26 heavy (non-hydrogen) atoms. The van der Waals surface area contributed by atoms with Crippen LogP contribution in [0.2, 0.25) is 0 Å². The number of aromatic nitrogens is 1. The van der Waals surface area contributed by atoms with Crippen molar-refractivity contribution >= 4 is 11.7 Å². The highest BCUT2D eigenvalue weighted by Crippen LogP contribution is 2.17. The Morgan fingerprint density at radius 3 is 2.42 bits per heavy atom. The molecule has 0 bridgehead atoms. The summed E-state index contributed by atoms with van der Waals surface area (Å²) in [4.78, 5) is 21.4. The van der Waals surface area contributed by atoms with E-state index >= 15 is 0 Å². The molecule has 0 radical (unpaired) electrons. The number of amides is 1. The first kappa shape index (κ1) is 18.2. The average Bonchev–Trinajstić information content (AvgIpc) is 2.68. The molecule has 0 spiro atoms.